The summed E-state index contributed by atoms with van der Waals surface area (Å²) in [7, 11) is 0. The van der Waals surface area contributed by atoms with Gasteiger partial charge in [0.1, 0.15) is 0 Å². The summed E-state index contributed by atoms with van der Waals surface area (Å²) < 4.78 is 0. The number of fused-ring (bicyclic) bond motifs is 1. The quantitative estimate of drug-likeness (QED) is 0.150. The summed E-state index contributed by atoms with van der Waals surface area (Å²) in [4.78, 5) is 42.9. The lowest BCUT2D eigenvalue weighted by Gasteiger charge is -2.12. The first kappa shape index (κ1) is 28.6. The van der Waals surface area contributed by atoms with Gasteiger partial charge < -0.3 is 15.7 Å². The molecule has 0 aliphatic heterocycles. The van der Waals surface area contributed by atoms with E-state index in [1.54, 1.807) is 79.7 Å². The van der Waals surface area contributed by atoms with Gasteiger partial charge in [-0.15, -0.1) is 23.1 Å². The topological polar surface area (TPSA) is 108 Å². The van der Waals surface area contributed by atoms with Crippen LogP contribution in [0, 0.1) is 0 Å². The van der Waals surface area contributed by atoms with E-state index in [2.05, 4.69) is 15.6 Å². The number of benzene rings is 4. The zero-order valence-electron chi connectivity index (χ0n) is 21.4. The van der Waals surface area contributed by atoms with E-state index >= 15 is 0 Å². The molecule has 1 unspecified atom stereocenters. The van der Waals surface area contributed by atoms with Crippen LogP contribution in [-0.4, -0.2) is 33.1 Å². The molecule has 1 heterocycles. The number of carboxylic acids is 1. The molecule has 11 heteroatoms. The van der Waals surface area contributed by atoms with Crippen molar-refractivity contribution in [1.29, 1.82) is 0 Å². The van der Waals surface area contributed by atoms with Crippen molar-refractivity contribution in [1.82, 2.24) is 4.98 Å². The van der Waals surface area contributed by atoms with Crippen LogP contribution in [0.15, 0.2) is 89.1 Å². The zero-order valence-corrected chi connectivity index (χ0v) is 24.5. The van der Waals surface area contributed by atoms with E-state index in [-0.39, 0.29) is 17.0 Å². The lowest BCUT2D eigenvalue weighted by atomic mass is 9.98. The molecular weight excluding hydrogens is 601 g/mol. The molecule has 4 aromatic carbocycles. The Bertz CT molecular complexity index is 1790. The number of thioether (sulfide) groups is 1. The number of hydrogen-bond acceptors (Lipinski definition) is 6. The van der Waals surface area contributed by atoms with Gasteiger partial charge in [0.15, 0.2) is 5.13 Å². The van der Waals surface area contributed by atoms with Gasteiger partial charge in [-0.3, -0.25) is 9.59 Å². The van der Waals surface area contributed by atoms with Crippen molar-refractivity contribution >= 4 is 85.7 Å². The number of nitrogens with zero attached hydrogens (tertiary/aromatic N) is 1. The number of halogens is 2. The van der Waals surface area contributed by atoms with Crippen LogP contribution in [0.5, 0.6) is 0 Å². The van der Waals surface area contributed by atoms with Gasteiger partial charge in [0.2, 0.25) is 5.91 Å². The molecule has 7 nitrogen and oxygen atoms in total. The molecule has 0 radical (unpaired) electrons. The Kier molecular flexibility index (Phi) is 8.60. The van der Waals surface area contributed by atoms with Gasteiger partial charge in [0.25, 0.3) is 5.91 Å². The minimum atomic E-state index is -1.10. The van der Waals surface area contributed by atoms with Crippen molar-refractivity contribution < 1.29 is 19.5 Å². The van der Waals surface area contributed by atoms with E-state index in [9.17, 15) is 19.5 Å². The summed E-state index contributed by atoms with van der Waals surface area (Å²) in [5, 5.41) is 19.2. The molecule has 3 N–H and O–H groups in total. The monoisotopic (exact) mass is 621 g/mol. The van der Waals surface area contributed by atoms with Crippen molar-refractivity contribution in [2.24, 2.45) is 0 Å². The number of carbonyl (C=O) groups is 3. The second-order valence-corrected chi connectivity index (χ2v) is 12.0. The van der Waals surface area contributed by atoms with Gasteiger partial charge in [0, 0.05) is 37.5 Å². The Morgan fingerprint density at radius 3 is 2.32 bits per heavy atom. The number of nitrogens with one attached hydrogen (secondary N) is 2. The van der Waals surface area contributed by atoms with Crippen molar-refractivity contribution in [2.45, 2.75) is 17.1 Å². The molecule has 2 amide bonds. The molecule has 0 saturated heterocycles. The van der Waals surface area contributed by atoms with Gasteiger partial charge >= 0.3 is 5.97 Å². The van der Waals surface area contributed by atoms with Crippen LogP contribution in [0.1, 0.15) is 27.6 Å². The molecule has 1 atom stereocenters. The van der Waals surface area contributed by atoms with Crippen LogP contribution in [0.4, 0.5) is 10.8 Å². The molecule has 0 aliphatic carbocycles. The lowest BCUT2D eigenvalue weighted by molar-refractivity contribution is -0.115. The third-order valence-electron chi connectivity index (χ3n) is 6.12. The van der Waals surface area contributed by atoms with Crippen LogP contribution in [0.25, 0.3) is 22.0 Å². The number of hydrogen-bond donors (Lipinski definition) is 3. The minimum absolute atomic E-state index is 0.0648. The van der Waals surface area contributed by atoms with Crippen LogP contribution in [-0.2, 0) is 4.79 Å². The van der Waals surface area contributed by atoms with Crippen LogP contribution in [0.2, 0.25) is 10.0 Å². The fourth-order valence-corrected chi connectivity index (χ4v) is 6.23. The van der Waals surface area contributed by atoms with E-state index < -0.39 is 17.1 Å². The fourth-order valence-electron chi connectivity index (χ4n) is 4.14. The highest BCUT2D eigenvalue weighted by molar-refractivity contribution is 8.00. The van der Waals surface area contributed by atoms with Crippen molar-refractivity contribution in [2.75, 3.05) is 10.6 Å². The average Bonchev–Trinajstić information content (AvgIpc) is 3.41. The molecule has 5 rings (SSSR count). The number of anilines is 2. The molecule has 0 saturated carbocycles. The van der Waals surface area contributed by atoms with Crippen molar-refractivity contribution in [3.05, 3.63) is 105 Å². The second-order valence-electron chi connectivity index (χ2n) is 8.90. The fraction of sp³-hybridized carbons (Fsp3) is 0.0667. The standard InChI is InChI=1S/C30H21Cl2N3O4S2/c1-16(27(36)35-30-34-25(15-40-30)21-13-8-18(31)14-24(21)32)41-20-11-9-19(10-12-20)33-28(37)22-6-2-4-17-5-3-7-23(26(17)22)29(38)39/h2-16H,1H3,(H,33,37)(H,38,39)(H,34,35,36). The highest BCUT2D eigenvalue weighted by Crippen LogP contribution is 2.33. The number of rotatable bonds is 8. The second kappa shape index (κ2) is 12.3. The molecule has 41 heavy (non-hydrogen) atoms. The van der Waals surface area contributed by atoms with Gasteiger partial charge in [-0.25, -0.2) is 9.78 Å². The molecule has 0 bridgehead atoms. The third-order valence-corrected chi connectivity index (χ3v) is 8.53. The summed E-state index contributed by atoms with van der Waals surface area (Å²) in [6.45, 7) is 1.79. The number of carbonyl (C=O) groups excluding carboxylic acids is 2. The molecule has 1 aromatic heterocycles. The number of aromatic nitrogens is 1. The Hall–Kier alpha value is -3.89. The lowest BCUT2D eigenvalue weighted by Crippen LogP contribution is -2.22. The predicted octanol–water partition coefficient (Wildman–Crippen LogP) is 8.34. The van der Waals surface area contributed by atoms with Gasteiger partial charge in [-0.1, -0.05) is 47.5 Å². The number of aromatic carboxylic acids is 1. The smallest absolute Gasteiger partial charge is 0.336 e. The predicted molar refractivity (Wildman–Crippen MR) is 167 cm³/mol. The molecular formula is C30H21Cl2N3O4S2. The van der Waals surface area contributed by atoms with E-state index in [1.807, 2.05) is 5.38 Å². The Morgan fingerprint density at radius 2 is 1.63 bits per heavy atom. The largest absolute Gasteiger partial charge is 0.478 e. The highest BCUT2D eigenvalue weighted by atomic mass is 35.5. The minimum Gasteiger partial charge on any atom is -0.478 e. The van der Waals surface area contributed by atoms with E-state index in [0.717, 1.165) is 10.5 Å². The molecule has 206 valence electrons. The molecule has 5 aromatic rings. The van der Waals surface area contributed by atoms with Crippen molar-refractivity contribution in [3.8, 4) is 11.3 Å². The Balaban J connectivity index is 1.22. The van der Waals surface area contributed by atoms with Crippen LogP contribution >= 0.6 is 46.3 Å². The van der Waals surface area contributed by atoms with E-state index in [0.29, 0.717) is 37.3 Å². The first-order valence-corrected chi connectivity index (χ1v) is 14.8. The summed E-state index contributed by atoms with van der Waals surface area (Å²) in [6, 6.07) is 22.2. The Morgan fingerprint density at radius 1 is 0.927 bits per heavy atom. The highest BCUT2D eigenvalue weighted by Gasteiger charge is 2.19. The van der Waals surface area contributed by atoms with Crippen molar-refractivity contribution in [3.63, 3.8) is 0 Å². The summed E-state index contributed by atoms with van der Waals surface area (Å²) in [5.41, 5.74) is 2.25. The van der Waals surface area contributed by atoms with Gasteiger partial charge in [-0.05, 0) is 66.9 Å². The van der Waals surface area contributed by atoms with E-state index in [1.165, 1.54) is 29.2 Å². The third kappa shape index (κ3) is 6.55. The maximum atomic E-state index is 13.1. The Labute approximate surface area is 253 Å². The van der Waals surface area contributed by atoms with Gasteiger partial charge in [0.05, 0.1) is 21.5 Å². The zero-order chi connectivity index (χ0) is 29.1. The SMILES string of the molecule is CC(Sc1ccc(NC(=O)c2cccc3cccc(C(=O)O)c23)cc1)C(=O)Nc1nc(-c2ccc(Cl)cc2Cl)cs1. The number of carboxylic acid groups (broad SMARTS) is 1. The molecule has 0 fully saturated rings. The first-order chi connectivity index (χ1) is 19.7. The van der Waals surface area contributed by atoms with Gasteiger partial charge in [-0.2, -0.15) is 0 Å². The summed E-state index contributed by atoms with van der Waals surface area (Å²) in [5.74, 6) is -1.72. The summed E-state index contributed by atoms with van der Waals surface area (Å²) in [6.07, 6.45) is 0. The van der Waals surface area contributed by atoms with Crippen LogP contribution in [0.3, 0.4) is 0 Å². The normalized spacial score (nSPS) is 11.7. The average molecular weight is 623 g/mol. The van der Waals surface area contributed by atoms with E-state index in [4.69, 9.17) is 23.2 Å². The molecule has 0 aliphatic rings. The molecule has 0 spiro atoms. The first-order valence-electron chi connectivity index (χ1n) is 12.2. The maximum Gasteiger partial charge on any atom is 0.336 e. The maximum absolute atomic E-state index is 13.1. The number of thiazole rings is 1. The van der Waals surface area contributed by atoms with Crippen LogP contribution < -0.4 is 10.6 Å². The number of amides is 2. The summed E-state index contributed by atoms with van der Waals surface area (Å²) >= 11 is 14.9.